The molecule has 1 saturated carbocycles. The molecule has 1 N–H and O–H groups in total. The van der Waals surface area contributed by atoms with Crippen molar-refractivity contribution in [2.45, 2.75) is 44.1 Å². The van der Waals surface area contributed by atoms with Gasteiger partial charge in [-0.2, -0.15) is 5.26 Å². The number of rotatable bonds is 2. The molecule has 1 amide bonds. The molecule has 3 nitrogen and oxygen atoms in total. The fourth-order valence-electron chi connectivity index (χ4n) is 2.93. The molecule has 18 heavy (non-hydrogen) atoms. The van der Waals surface area contributed by atoms with Gasteiger partial charge in [0.2, 0.25) is 5.91 Å². The third-order valence-corrected chi connectivity index (χ3v) is 3.71. The van der Waals surface area contributed by atoms with Crippen LogP contribution in [0.4, 0.5) is 0 Å². The fraction of sp³-hybridized carbons (Fsp3) is 0.467. The Kier molecular flexibility index (Phi) is 3.66. The lowest BCUT2D eigenvalue weighted by Crippen LogP contribution is -2.52. The van der Waals surface area contributed by atoms with Crippen molar-refractivity contribution < 1.29 is 4.79 Å². The lowest BCUT2D eigenvalue weighted by atomic mass is 9.70. The van der Waals surface area contributed by atoms with Crippen molar-refractivity contribution in [2.75, 3.05) is 0 Å². The van der Waals surface area contributed by atoms with Gasteiger partial charge < -0.3 is 5.32 Å². The van der Waals surface area contributed by atoms with Crippen LogP contribution in [0.2, 0.25) is 0 Å². The predicted octanol–water partition coefficient (Wildman–Crippen LogP) is 2.74. The van der Waals surface area contributed by atoms with E-state index in [1.165, 1.54) is 6.92 Å². The molecular formula is C15H18N2O. The molecule has 0 bridgehead atoms. The zero-order valence-corrected chi connectivity index (χ0v) is 10.6. The summed E-state index contributed by atoms with van der Waals surface area (Å²) in [5.41, 5.74) is 0.415. The van der Waals surface area contributed by atoms with Crippen LogP contribution in [-0.4, -0.2) is 11.4 Å². The Balaban J connectivity index is 2.36. The summed E-state index contributed by atoms with van der Waals surface area (Å²) in [5.74, 6) is -0.0271. The van der Waals surface area contributed by atoms with E-state index in [1.54, 1.807) is 0 Å². The molecule has 2 rings (SSSR count). The molecule has 0 saturated heterocycles. The van der Waals surface area contributed by atoms with Gasteiger partial charge in [0.05, 0.1) is 6.07 Å². The third-order valence-electron chi connectivity index (χ3n) is 3.71. The van der Waals surface area contributed by atoms with Crippen LogP contribution in [0.5, 0.6) is 0 Å². The average Bonchev–Trinajstić information content (AvgIpc) is 2.39. The van der Waals surface area contributed by atoms with Crippen LogP contribution in [0.25, 0.3) is 0 Å². The number of benzene rings is 1. The molecular weight excluding hydrogens is 224 g/mol. The van der Waals surface area contributed by atoms with Crippen LogP contribution < -0.4 is 5.32 Å². The van der Waals surface area contributed by atoms with Crippen molar-refractivity contribution in [1.29, 1.82) is 5.26 Å². The summed E-state index contributed by atoms with van der Waals surface area (Å²) in [6.07, 6.45) is 3.81. The quantitative estimate of drug-likeness (QED) is 0.867. The molecule has 1 aromatic carbocycles. The van der Waals surface area contributed by atoms with E-state index in [2.05, 4.69) is 11.4 Å². The highest BCUT2D eigenvalue weighted by Crippen LogP contribution is 2.40. The van der Waals surface area contributed by atoms with Crippen LogP contribution in [0, 0.1) is 11.3 Å². The number of hydrogen-bond donors (Lipinski definition) is 1. The summed E-state index contributed by atoms with van der Waals surface area (Å²) in [6, 6.07) is 12.4. The second-order valence-electron chi connectivity index (χ2n) is 4.97. The Morgan fingerprint density at radius 2 is 2.11 bits per heavy atom. The average molecular weight is 242 g/mol. The lowest BCUT2D eigenvalue weighted by Gasteiger charge is -2.39. The van der Waals surface area contributed by atoms with E-state index in [1.807, 2.05) is 30.3 Å². The Bertz CT molecular complexity index is 463. The van der Waals surface area contributed by atoms with Gasteiger partial charge in [-0.15, -0.1) is 0 Å². The first-order valence-electron chi connectivity index (χ1n) is 6.43. The zero-order chi connectivity index (χ0) is 13.0. The van der Waals surface area contributed by atoms with Gasteiger partial charge in [0.1, 0.15) is 5.54 Å². The second-order valence-corrected chi connectivity index (χ2v) is 4.97. The van der Waals surface area contributed by atoms with E-state index >= 15 is 0 Å². The summed E-state index contributed by atoms with van der Waals surface area (Å²) in [6.45, 7) is 1.48. The molecule has 0 radical (unpaired) electrons. The van der Waals surface area contributed by atoms with Gasteiger partial charge in [-0.1, -0.05) is 36.8 Å². The van der Waals surface area contributed by atoms with E-state index < -0.39 is 5.54 Å². The monoisotopic (exact) mass is 242 g/mol. The number of hydrogen-bond acceptors (Lipinski definition) is 2. The van der Waals surface area contributed by atoms with Crippen molar-refractivity contribution in [3.63, 3.8) is 0 Å². The first-order valence-corrected chi connectivity index (χ1v) is 6.43. The van der Waals surface area contributed by atoms with Crippen molar-refractivity contribution >= 4 is 5.91 Å². The Labute approximate surface area is 108 Å². The predicted molar refractivity (Wildman–Crippen MR) is 69.8 cm³/mol. The standard InChI is InChI=1S/C15H18N2O/c1-12(18)17-15(11-16)10-6-5-9-14(15)13-7-3-2-4-8-13/h2-4,7-8,14H,5-6,9-10H2,1H3,(H,17,18)/t14?,15-/m0/s1. The molecule has 94 valence electrons. The molecule has 1 aromatic rings. The summed E-state index contributed by atoms with van der Waals surface area (Å²) < 4.78 is 0. The SMILES string of the molecule is CC(=O)N[C@]1(C#N)CCCCC1c1ccccc1. The highest BCUT2D eigenvalue weighted by Gasteiger charge is 2.42. The molecule has 1 fully saturated rings. The van der Waals surface area contributed by atoms with Gasteiger partial charge in [0.25, 0.3) is 0 Å². The topological polar surface area (TPSA) is 52.9 Å². The van der Waals surface area contributed by atoms with Gasteiger partial charge in [-0.05, 0) is 24.8 Å². The number of nitrogens with one attached hydrogen (secondary N) is 1. The van der Waals surface area contributed by atoms with E-state index in [-0.39, 0.29) is 11.8 Å². The maximum atomic E-state index is 11.4. The molecule has 3 heteroatoms. The minimum absolute atomic E-state index is 0.0985. The molecule has 0 heterocycles. The van der Waals surface area contributed by atoms with Gasteiger partial charge in [0.15, 0.2) is 0 Å². The fourth-order valence-corrected chi connectivity index (χ4v) is 2.93. The van der Waals surface area contributed by atoms with Crippen LogP contribution in [0.15, 0.2) is 30.3 Å². The van der Waals surface area contributed by atoms with Gasteiger partial charge in [-0.25, -0.2) is 0 Å². The normalized spacial score (nSPS) is 27.2. The highest BCUT2D eigenvalue weighted by atomic mass is 16.1. The summed E-state index contributed by atoms with van der Waals surface area (Å²) in [7, 11) is 0. The maximum Gasteiger partial charge on any atom is 0.218 e. The Morgan fingerprint density at radius 3 is 2.72 bits per heavy atom. The van der Waals surface area contributed by atoms with Gasteiger partial charge in [0, 0.05) is 12.8 Å². The molecule has 1 unspecified atom stereocenters. The Hall–Kier alpha value is -1.82. The molecule has 0 spiro atoms. The number of amides is 1. The summed E-state index contributed by atoms with van der Waals surface area (Å²) in [4.78, 5) is 11.4. The van der Waals surface area contributed by atoms with Crippen molar-refractivity contribution in [2.24, 2.45) is 0 Å². The van der Waals surface area contributed by atoms with E-state index in [0.717, 1.165) is 31.2 Å². The third kappa shape index (κ3) is 2.38. The Morgan fingerprint density at radius 1 is 1.39 bits per heavy atom. The first kappa shape index (κ1) is 12.6. The molecule has 1 aliphatic rings. The first-order chi connectivity index (χ1) is 8.68. The molecule has 0 aromatic heterocycles. The van der Waals surface area contributed by atoms with Crippen molar-refractivity contribution in [3.8, 4) is 6.07 Å². The largest absolute Gasteiger partial charge is 0.338 e. The number of carbonyl (C=O) groups excluding carboxylic acids is 1. The van der Waals surface area contributed by atoms with Gasteiger partial charge in [-0.3, -0.25) is 4.79 Å². The lowest BCUT2D eigenvalue weighted by molar-refractivity contribution is -0.120. The van der Waals surface area contributed by atoms with E-state index in [4.69, 9.17) is 0 Å². The minimum atomic E-state index is -0.731. The highest BCUT2D eigenvalue weighted by molar-refractivity contribution is 5.74. The summed E-state index contributed by atoms with van der Waals surface area (Å²) in [5, 5.41) is 12.5. The van der Waals surface area contributed by atoms with Crippen LogP contribution in [0.1, 0.15) is 44.1 Å². The van der Waals surface area contributed by atoms with Crippen LogP contribution in [0.3, 0.4) is 0 Å². The van der Waals surface area contributed by atoms with E-state index in [0.29, 0.717) is 0 Å². The van der Waals surface area contributed by atoms with Crippen molar-refractivity contribution in [3.05, 3.63) is 35.9 Å². The molecule has 0 aliphatic heterocycles. The number of nitriles is 1. The number of nitrogens with zero attached hydrogens (tertiary/aromatic N) is 1. The smallest absolute Gasteiger partial charge is 0.218 e. The zero-order valence-electron chi connectivity index (χ0n) is 10.6. The molecule has 1 aliphatic carbocycles. The number of carbonyl (C=O) groups is 1. The van der Waals surface area contributed by atoms with E-state index in [9.17, 15) is 10.1 Å². The summed E-state index contributed by atoms with van der Waals surface area (Å²) >= 11 is 0. The minimum Gasteiger partial charge on any atom is -0.338 e. The maximum absolute atomic E-state index is 11.4. The van der Waals surface area contributed by atoms with Gasteiger partial charge >= 0.3 is 0 Å². The van der Waals surface area contributed by atoms with Crippen molar-refractivity contribution in [1.82, 2.24) is 5.32 Å². The van der Waals surface area contributed by atoms with Crippen LogP contribution in [-0.2, 0) is 4.79 Å². The van der Waals surface area contributed by atoms with Crippen LogP contribution >= 0.6 is 0 Å². The molecule has 2 atom stereocenters. The second kappa shape index (κ2) is 5.22.